The molecule has 0 aliphatic rings. The summed E-state index contributed by atoms with van der Waals surface area (Å²) in [7, 11) is 3.84. The van der Waals surface area contributed by atoms with Gasteiger partial charge in [-0.3, -0.25) is 0 Å². The molecule has 0 aromatic carbocycles. The van der Waals surface area contributed by atoms with Crippen LogP contribution in [-0.4, -0.2) is 8.07 Å². The molecule has 0 saturated carbocycles. The van der Waals surface area contributed by atoms with Gasteiger partial charge in [-0.25, -0.2) is 0 Å². The Labute approximate surface area is 80.5 Å². The molecule has 0 unspecified atom stereocenters. The minimum absolute atomic E-state index is 0.847. The summed E-state index contributed by atoms with van der Waals surface area (Å²) in [6.45, 7) is 11.0. The average molecular weight is 230 g/mol. The molecule has 0 aliphatic heterocycles. The van der Waals surface area contributed by atoms with Gasteiger partial charge in [-0.15, -0.1) is 8.07 Å². The van der Waals surface area contributed by atoms with Crippen LogP contribution in [0.1, 0.15) is 19.8 Å². The van der Waals surface area contributed by atoms with Gasteiger partial charge < -0.3 is 6.55 Å². The second-order valence-electron chi connectivity index (χ2n) is 3.27. The van der Waals surface area contributed by atoms with Crippen LogP contribution in [0.25, 0.3) is 0 Å². The number of hydrogen-bond donors (Lipinski definition) is 0. The summed E-state index contributed by atoms with van der Waals surface area (Å²) in [5.74, 6) is 0. The molecular formula is C7H17ClSiZn. The molecule has 0 aromatic heterocycles. The van der Waals surface area contributed by atoms with Gasteiger partial charge in [-0.2, -0.15) is 0 Å². The van der Waals surface area contributed by atoms with Gasteiger partial charge in [-0.1, -0.05) is 38.9 Å². The quantitative estimate of drug-likeness (QED) is 0.513. The van der Waals surface area contributed by atoms with E-state index in [1.807, 2.05) is 0 Å². The van der Waals surface area contributed by atoms with Gasteiger partial charge in [0, 0.05) is 0 Å². The standard InChI is InChI=1S/C7H17Si.ClH.Zn/c1-5-6-7-8(2,3)4;;/h2,5-7H2,1,3-4H3;1H;/q-1;;+2/p-1. The van der Waals surface area contributed by atoms with Gasteiger partial charge in [0.05, 0.1) is 0 Å². The summed E-state index contributed by atoms with van der Waals surface area (Å²) in [6, 6.07) is 1.39. The van der Waals surface area contributed by atoms with Gasteiger partial charge in [-0.05, 0) is 0 Å². The van der Waals surface area contributed by atoms with Crippen LogP contribution in [0.15, 0.2) is 0 Å². The molecule has 3 heteroatoms. The first-order valence-electron chi connectivity index (χ1n) is 3.68. The van der Waals surface area contributed by atoms with E-state index in [0.29, 0.717) is 0 Å². The van der Waals surface area contributed by atoms with Crippen LogP contribution in [0.2, 0.25) is 19.1 Å². The predicted molar refractivity (Wildman–Crippen MR) is 48.4 cm³/mol. The number of unbranched alkanes of at least 4 members (excludes halogenated alkanes) is 1. The molecule has 0 amide bonds. The van der Waals surface area contributed by atoms with Crippen molar-refractivity contribution < 1.29 is 17.3 Å². The zero-order chi connectivity index (χ0) is 8.62. The molecule has 0 aromatic rings. The molecule has 0 N–H and O–H groups in total. The van der Waals surface area contributed by atoms with Crippen molar-refractivity contribution in [3.8, 4) is 0 Å². The van der Waals surface area contributed by atoms with Crippen LogP contribution in [0.5, 0.6) is 0 Å². The van der Waals surface area contributed by atoms with Crippen LogP contribution in [0.4, 0.5) is 0 Å². The first-order chi connectivity index (χ1) is 4.56. The SMILES string of the molecule is [CH2-][Si](C)(C)CCCC.[Cl][Zn+]. The Morgan fingerprint density at radius 2 is 1.80 bits per heavy atom. The molecule has 0 aliphatic carbocycles. The molecule has 0 spiro atoms. The fourth-order valence-electron chi connectivity index (χ4n) is 0.655. The fraction of sp³-hybridized carbons (Fsp3) is 0.857. The summed E-state index contributed by atoms with van der Waals surface area (Å²) in [4.78, 5) is 0. The zero-order valence-electron chi connectivity index (χ0n) is 7.41. The van der Waals surface area contributed by atoms with E-state index in [4.69, 9.17) is 9.69 Å². The normalized spacial score (nSPS) is 10.3. The van der Waals surface area contributed by atoms with Crippen molar-refractivity contribution in [1.29, 1.82) is 0 Å². The van der Waals surface area contributed by atoms with Crippen molar-refractivity contribution in [3.63, 3.8) is 0 Å². The van der Waals surface area contributed by atoms with Crippen molar-refractivity contribution in [1.82, 2.24) is 0 Å². The van der Waals surface area contributed by atoms with Crippen LogP contribution in [0.3, 0.4) is 0 Å². The summed E-state index contributed by atoms with van der Waals surface area (Å²) in [5, 5.41) is 0. The van der Waals surface area contributed by atoms with Gasteiger partial charge >= 0.3 is 27.0 Å². The minimum atomic E-state index is -0.928. The Morgan fingerprint density at radius 1 is 1.40 bits per heavy atom. The third kappa shape index (κ3) is 16.1. The Hall–Kier alpha value is 1.13. The van der Waals surface area contributed by atoms with Crippen LogP contribution in [0, 0.1) is 6.55 Å². The maximum absolute atomic E-state index is 4.76. The van der Waals surface area contributed by atoms with E-state index < -0.39 is 8.07 Å². The second-order valence-corrected chi connectivity index (χ2v) is 8.10. The van der Waals surface area contributed by atoms with Gasteiger partial charge in [0.2, 0.25) is 0 Å². The first-order valence-corrected chi connectivity index (χ1v) is 11.0. The molecule has 0 rings (SSSR count). The van der Waals surface area contributed by atoms with Gasteiger partial charge in [0.15, 0.2) is 0 Å². The molecule has 0 heterocycles. The molecule has 10 heavy (non-hydrogen) atoms. The van der Waals surface area contributed by atoms with Crippen molar-refractivity contribution in [2.24, 2.45) is 0 Å². The van der Waals surface area contributed by atoms with Crippen LogP contribution < -0.4 is 0 Å². The van der Waals surface area contributed by atoms with E-state index in [-0.39, 0.29) is 0 Å². The van der Waals surface area contributed by atoms with Gasteiger partial charge in [0.1, 0.15) is 0 Å². The molecule has 0 fully saturated rings. The van der Waals surface area contributed by atoms with Crippen LogP contribution in [-0.2, 0) is 17.3 Å². The third-order valence-electron chi connectivity index (χ3n) is 1.21. The fourth-order valence-corrected chi connectivity index (χ4v) is 1.97. The molecule has 0 nitrogen and oxygen atoms in total. The van der Waals surface area contributed by atoms with E-state index >= 15 is 0 Å². The Kier molecular flexibility index (Phi) is 11.3. The number of halogens is 1. The Balaban J connectivity index is 0. The van der Waals surface area contributed by atoms with E-state index in [0.717, 1.165) is 17.3 Å². The molecule has 0 bridgehead atoms. The summed E-state index contributed by atoms with van der Waals surface area (Å²) in [5.41, 5.74) is 0. The topological polar surface area (TPSA) is 0 Å². The molecular weight excluding hydrogens is 213 g/mol. The second kappa shape index (κ2) is 8.23. The molecule has 0 saturated heterocycles. The van der Waals surface area contributed by atoms with E-state index in [1.54, 1.807) is 0 Å². The molecule has 0 atom stereocenters. The average Bonchev–Trinajstić information content (AvgIpc) is 1.87. The number of rotatable bonds is 3. The molecule has 0 radical (unpaired) electrons. The summed E-state index contributed by atoms with van der Waals surface area (Å²) < 4.78 is 0. The zero-order valence-corrected chi connectivity index (χ0v) is 12.1. The van der Waals surface area contributed by atoms with Crippen molar-refractivity contribution >= 4 is 17.8 Å². The van der Waals surface area contributed by atoms with E-state index in [9.17, 15) is 0 Å². The van der Waals surface area contributed by atoms with Crippen molar-refractivity contribution in [3.05, 3.63) is 6.55 Å². The number of hydrogen-bond acceptors (Lipinski definition) is 0. The van der Waals surface area contributed by atoms with Crippen LogP contribution >= 0.6 is 9.69 Å². The van der Waals surface area contributed by atoms with Crippen molar-refractivity contribution in [2.45, 2.75) is 38.9 Å². The third-order valence-corrected chi connectivity index (χ3v) is 2.91. The Morgan fingerprint density at radius 3 is 1.90 bits per heavy atom. The monoisotopic (exact) mass is 228 g/mol. The maximum atomic E-state index is 4.76. The summed E-state index contributed by atoms with van der Waals surface area (Å²) in [6.07, 6.45) is 2.70. The predicted octanol–water partition coefficient (Wildman–Crippen LogP) is 3.56. The van der Waals surface area contributed by atoms with Crippen molar-refractivity contribution in [2.75, 3.05) is 0 Å². The Bertz CT molecular complexity index is 61.1. The van der Waals surface area contributed by atoms with E-state index in [2.05, 4.69) is 26.6 Å². The first kappa shape index (κ1) is 13.7. The summed E-state index contributed by atoms with van der Waals surface area (Å²) >= 11 is 0.847. The molecule has 58 valence electrons. The van der Waals surface area contributed by atoms with Gasteiger partial charge in [0.25, 0.3) is 0 Å². The van der Waals surface area contributed by atoms with E-state index in [1.165, 1.54) is 18.9 Å².